The van der Waals surface area contributed by atoms with Crippen molar-refractivity contribution in [1.29, 1.82) is 0 Å². The molecular formula is C32H41N5O8S2. The van der Waals surface area contributed by atoms with E-state index in [-0.39, 0.29) is 31.9 Å². The van der Waals surface area contributed by atoms with Gasteiger partial charge in [0.2, 0.25) is 21.8 Å². The summed E-state index contributed by atoms with van der Waals surface area (Å²) in [5.74, 6) is -2.20. The zero-order valence-corrected chi connectivity index (χ0v) is 28.5. The maximum absolute atomic E-state index is 14.1. The van der Waals surface area contributed by atoms with Crippen molar-refractivity contribution < 1.29 is 37.1 Å². The Balaban J connectivity index is 1.36. The number of likely N-dealkylation sites (tertiary alicyclic amines) is 1. The van der Waals surface area contributed by atoms with E-state index in [2.05, 4.69) is 26.9 Å². The van der Waals surface area contributed by atoms with Crippen LogP contribution in [0.2, 0.25) is 0 Å². The highest BCUT2D eigenvalue weighted by molar-refractivity contribution is 7.91. The van der Waals surface area contributed by atoms with Crippen LogP contribution in [0.4, 0.5) is 4.79 Å². The second-order valence-electron chi connectivity index (χ2n) is 13.5. The number of carbonyl (C=O) groups excluding carboxylic acids is 4. The van der Waals surface area contributed by atoms with Crippen LogP contribution in [0.25, 0.3) is 11.1 Å². The summed E-state index contributed by atoms with van der Waals surface area (Å²) in [6.07, 6.45) is 5.35. The maximum atomic E-state index is 14.1. The molecule has 2 aromatic heterocycles. The first-order valence-corrected chi connectivity index (χ1v) is 17.9. The number of hydrogen-bond acceptors (Lipinski definition) is 10. The molecule has 5 rings (SSSR count). The SMILES string of the molecule is C=CC1C[C@]1(NC(=O)[C@@H]1C[C@@H](COc2cncc(-c3ccsc3)c2)CN1C(=O)[C@@H](NC(=O)OC)C(C)(C)C)C(=O)NS(=O)(=O)C1CC1. The highest BCUT2D eigenvalue weighted by atomic mass is 32.2. The molecule has 3 fully saturated rings. The molecule has 2 aliphatic carbocycles. The molecule has 0 bridgehead atoms. The van der Waals surface area contributed by atoms with Gasteiger partial charge in [-0.3, -0.25) is 24.1 Å². The number of alkyl carbamates (subject to hydrolysis) is 1. The molecule has 1 saturated heterocycles. The Kier molecular flexibility index (Phi) is 9.69. The molecule has 0 spiro atoms. The lowest BCUT2D eigenvalue weighted by molar-refractivity contribution is -0.142. The first-order chi connectivity index (χ1) is 22.2. The van der Waals surface area contributed by atoms with Gasteiger partial charge < -0.3 is 25.0 Å². The number of carbonyl (C=O) groups is 4. The summed E-state index contributed by atoms with van der Waals surface area (Å²) in [5.41, 5.74) is -0.364. The highest BCUT2D eigenvalue weighted by Gasteiger charge is 2.62. The van der Waals surface area contributed by atoms with Gasteiger partial charge in [-0.05, 0) is 59.6 Å². The Bertz CT molecular complexity index is 1640. The van der Waals surface area contributed by atoms with Crippen molar-refractivity contribution in [2.75, 3.05) is 20.3 Å². The van der Waals surface area contributed by atoms with Crippen molar-refractivity contribution >= 4 is 45.2 Å². The van der Waals surface area contributed by atoms with Crippen LogP contribution in [0.5, 0.6) is 5.75 Å². The molecule has 4 amide bonds. The third-order valence-corrected chi connectivity index (χ3v) is 11.3. The topological polar surface area (TPSA) is 173 Å². The lowest BCUT2D eigenvalue weighted by Crippen LogP contribution is -2.60. The third-order valence-electron chi connectivity index (χ3n) is 8.84. The molecule has 3 N–H and O–H groups in total. The van der Waals surface area contributed by atoms with Gasteiger partial charge in [-0.2, -0.15) is 11.3 Å². The zero-order valence-electron chi connectivity index (χ0n) is 26.9. The van der Waals surface area contributed by atoms with E-state index in [1.165, 1.54) is 18.1 Å². The van der Waals surface area contributed by atoms with E-state index in [1.54, 1.807) is 44.5 Å². The molecule has 3 heterocycles. The minimum Gasteiger partial charge on any atom is -0.492 e. The van der Waals surface area contributed by atoms with Gasteiger partial charge in [-0.15, -0.1) is 6.58 Å². The fraction of sp³-hybridized carbons (Fsp3) is 0.531. The average Bonchev–Trinajstić information content (AvgIpc) is 3.89. The van der Waals surface area contributed by atoms with Gasteiger partial charge in [-0.1, -0.05) is 26.8 Å². The molecule has 0 radical (unpaired) electrons. The number of rotatable bonds is 12. The normalized spacial score (nSPS) is 24.5. The Labute approximate surface area is 278 Å². The highest BCUT2D eigenvalue weighted by Crippen LogP contribution is 2.45. The summed E-state index contributed by atoms with van der Waals surface area (Å²) in [5, 5.41) is 8.74. The molecule has 47 heavy (non-hydrogen) atoms. The van der Waals surface area contributed by atoms with Crippen molar-refractivity contribution in [3.63, 3.8) is 0 Å². The molecule has 13 nitrogen and oxygen atoms in total. The Morgan fingerprint density at radius 2 is 1.96 bits per heavy atom. The molecule has 0 aromatic carbocycles. The van der Waals surface area contributed by atoms with Gasteiger partial charge in [0.1, 0.15) is 23.4 Å². The van der Waals surface area contributed by atoms with Crippen LogP contribution in [-0.2, 0) is 29.1 Å². The van der Waals surface area contributed by atoms with E-state index in [1.807, 2.05) is 22.9 Å². The summed E-state index contributed by atoms with van der Waals surface area (Å²) in [6, 6.07) is 1.77. The number of methoxy groups -OCH3 is 1. The smallest absolute Gasteiger partial charge is 0.407 e. The number of thiophene rings is 1. The second kappa shape index (κ2) is 13.3. The van der Waals surface area contributed by atoms with Crippen LogP contribution in [0.1, 0.15) is 46.5 Å². The number of hydrogen-bond donors (Lipinski definition) is 3. The fourth-order valence-electron chi connectivity index (χ4n) is 5.84. The van der Waals surface area contributed by atoms with Crippen LogP contribution in [-0.4, -0.2) is 85.3 Å². The Morgan fingerprint density at radius 3 is 2.55 bits per heavy atom. The molecule has 2 aromatic rings. The number of aromatic nitrogens is 1. The molecular weight excluding hydrogens is 647 g/mol. The van der Waals surface area contributed by atoms with E-state index in [0.717, 1.165) is 11.1 Å². The van der Waals surface area contributed by atoms with Crippen LogP contribution < -0.4 is 20.1 Å². The summed E-state index contributed by atoms with van der Waals surface area (Å²) >= 11 is 1.57. The number of ether oxygens (including phenoxy) is 2. The molecule has 5 atom stereocenters. The minimum atomic E-state index is -3.86. The quantitative estimate of drug-likeness (QED) is 0.284. The van der Waals surface area contributed by atoms with Crippen molar-refractivity contribution in [3.05, 3.63) is 47.9 Å². The van der Waals surface area contributed by atoms with E-state index in [0.29, 0.717) is 18.6 Å². The first kappa shape index (κ1) is 34.4. The number of pyridine rings is 1. The first-order valence-electron chi connectivity index (χ1n) is 15.4. The van der Waals surface area contributed by atoms with Crippen molar-refractivity contribution in [2.45, 2.75) is 69.3 Å². The van der Waals surface area contributed by atoms with Crippen molar-refractivity contribution in [1.82, 2.24) is 25.2 Å². The summed E-state index contributed by atoms with van der Waals surface area (Å²) in [6.45, 7) is 9.38. The largest absolute Gasteiger partial charge is 0.492 e. The van der Waals surface area contributed by atoms with Crippen LogP contribution in [0.3, 0.4) is 0 Å². The second-order valence-corrected chi connectivity index (χ2v) is 16.2. The summed E-state index contributed by atoms with van der Waals surface area (Å²) in [4.78, 5) is 59.4. The minimum absolute atomic E-state index is 0.129. The van der Waals surface area contributed by atoms with E-state index < -0.39 is 68.0 Å². The Morgan fingerprint density at radius 1 is 1.21 bits per heavy atom. The lowest BCUT2D eigenvalue weighted by atomic mass is 9.85. The number of nitrogens with one attached hydrogen (secondary N) is 3. The molecule has 254 valence electrons. The molecule has 3 aliphatic rings. The Hall–Kier alpha value is -3.98. The van der Waals surface area contributed by atoms with E-state index in [9.17, 15) is 27.6 Å². The maximum Gasteiger partial charge on any atom is 0.407 e. The fourth-order valence-corrected chi connectivity index (χ4v) is 7.87. The molecule has 2 saturated carbocycles. The number of sulfonamides is 1. The predicted molar refractivity (Wildman–Crippen MR) is 175 cm³/mol. The van der Waals surface area contributed by atoms with Crippen LogP contribution in [0.15, 0.2) is 47.9 Å². The van der Waals surface area contributed by atoms with Crippen molar-refractivity contribution in [3.8, 4) is 16.9 Å². The average molecular weight is 688 g/mol. The molecule has 1 aliphatic heterocycles. The standard InChI is InChI=1S/C32H41N5O8S2/c1-6-22-13-32(22,29(40)36-47(42,43)24-7-8-24)35-27(38)25-11-19(16-37(25)28(39)26(31(2,3)4)34-30(41)44-5)17-45-23-12-21(14-33-15-23)20-9-10-46-18-20/h6,9-10,12,14-15,18-19,22,24-26H,1,7-8,11,13,16-17H2,2-5H3,(H,34,41)(H,35,38)(H,36,40)/t19-,22?,25+,26-,32-/m1/s1. The van der Waals surface area contributed by atoms with Gasteiger partial charge >= 0.3 is 6.09 Å². The number of nitrogens with zero attached hydrogens (tertiary/aromatic N) is 2. The summed E-state index contributed by atoms with van der Waals surface area (Å²) < 4.78 is 38.2. The van der Waals surface area contributed by atoms with Gasteiger partial charge in [-0.25, -0.2) is 13.2 Å². The zero-order chi connectivity index (χ0) is 34.1. The van der Waals surface area contributed by atoms with Crippen molar-refractivity contribution in [2.24, 2.45) is 17.3 Å². The molecule has 1 unspecified atom stereocenters. The summed E-state index contributed by atoms with van der Waals surface area (Å²) in [7, 11) is -2.67. The van der Waals surface area contributed by atoms with Gasteiger partial charge in [0.15, 0.2) is 0 Å². The number of amides is 4. The van der Waals surface area contributed by atoms with E-state index >= 15 is 0 Å². The van der Waals surface area contributed by atoms with Gasteiger partial charge in [0.25, 0.3) is 5.91 Å². The monoisotopic (exact) mass is 687 g/mol. The predicted octanol–water partition coefficient (Wildman–Crippen LogP) is 2.85. The third kappa shape index (κ3) is 7.61. The molecule has 15 heteroatoms. The van der Waals surface area contributed by atoms with E-state index in [4.69, 9.17) is 9.47 Å². The van der Waals surface area contributed by atoms with Crippen LogP contribution >= 0.6 is 11.3 Å². The lowest BCUT2D eigenvalue weighted by Gasteiger charge is -2.35. The van der Waals surface area contributed by atoms with Gasteiger partial charge in [0.05, 0.1) is 25.2 Å². The van der Waals surface area contributed by atoms with Crippen LogP contribution in [0, 0.1) is 17.3 Å². The van der Waals surface area contributed by atoms with Gasteiger partial charge in [0, 0.05) is 30.1 Å².